The highest BCUT2D eigenvalue weighted by molar-refractivity contribution is 6.41. The van der Waals surface area contributed by atoms with Crippen molar-refractivity contribution >= 4 is 23.6 Å². The summed E-state index contributed by atoms with van der Waals surface area (Å²) in [5, 5.41) is 0. The molecular formula is C30H20O5. The first-order chi connectivity index (χ1) is 17.0. The van der Waals surface area contributed by atoms with Gasteiger partial charge in [-0.2, -0.15) is 0 Å². The minimum Gasteiger partial charge on any atom is -0.493 e. The molecule has 0 fully saturated rings. The van der Waals surface area contributed by atoms with Crippen molar-refractivity contribution in [1.82, 2.24) is 0 Å². The fraction of sp³-hybridized carbons (Fsp3) is 0.0333. The van der Waals surface area contributed by atoms with E-state index in [-0.39, 0.29) is 22.9 Å². The van der Waals surface area contributed by atoms with Gasteiger partial charge in [-0.3, -0.25) is 9.59 Å². The predicted octanol–water partition coefficient (Wildman–Crippen LogP) is 6.04. The topological polar surface area (TPSA) is 69.7 Å². The zero-order chi connectivity index (χ0) is 24.4. The largest absolute Gasteiger partial charge is 0.493 e. The quantitative estimate of drug-likeness (QED) is 0.157. The lowest BCUT2D eigenvalue weighted by Crippen LogP contribution is -2.09. The third-order valence-corrected chi connectivity index (χ3v) is 5.83. The Kier molecular flexibility index (Phi) is 5.81. The second-order valence-corrected chi connectivity index (χ2v) is 8.01. The van der Waals surface area contributed by atoms with E-state index in [0.29, 0.717) is 28.0 Å². The van der Waals surface area contributed by atoms with E-state index in [0.717, 1.165) is 11.1 Å². The van der Waals surface area contributed by atoms with Gasteiger partial charge in [0.15, 0.2) is 23.1 Å². The number of carbonyl (C=O) groups is 3. The molecule has 0 aromatic heterocycles. The molecule has 1 aliphatic rings. The average molecular weight is 460 g/mol. The number of Topliss-reactive ketones (excluding diaryl/α,β-unsaturated/α-hetero) is 2. The van der Waals surface area contributed by atoms with E-state index in [1.165, 1.54) is 13.2 Å². The molecule has 4 aromatic rings. The molecule has 4 aromatic carbocycles. The number of esters is 1. The number of allylic oxidation sites excluding steroid dienone is 1. The molecule has 170 valence electrons. The van der Waals surface area contributed by atoms with Gasteiger partial charge < -0.3 is 9.47 Å². The van der Waals surface area contributed by atoms with Gasteiger partial charge in [0.1, 0.15) is 0 Å². The Morgan fingerprint density at radius 2 is 1.29 bits per heavy atom. The van der Waals surface area contributed by atoms with Crippen molar-refractivity contribution in [2.75, 3.05) is 7.11 Å². The van der Waals surface area contributed by atoms with Crippen LogP contribution in [0.3, 0.4) is 0 Å². The number of fused-ring (bicyclic) bond motifs is 1. The van der Waals surface area contributed by atoms with Gasteiger partial charge in [0.25, 0.3) is 0 Å². The van der Waals surface area contributed by atoms with E-state index in [1.807, 2.05) is 42.5 Å². The Labute approximate surface area is 202 Å². The number of carbonyl (C=O) groups excluding carboxylic acids is 3. The number of ketones is 2. The fourth-order valence-electron chi connectivity index (χ4n) is 4.02. The third-order valence-electron chi connectivity index (χ3n) is 5.83. The number of hydrogen-bond donors (Lipinski definition) is 0. The summed E-state index contributed by atoms with van der Waals surface area (Å²) < 4.78 is 11.0. The molecule has 1 aliphatic carbocycles. The molecule has 0 saturated carbocycles. The molecule has 0 heterocycles. The number of ether oxygens (including phenoxy) is 2. The second kappa shape index (κ2) is 9.23. The molecule has 0 spiro atoms. The Bertz CT molecular complexity index is 1440. The van der Waals surface area contributed by atoms with E-state index in [1.54, 1.807) is 54.6 Å². The lowest BCUT2D eigenvalue weighted by molar-refractivity contribution is 0.0729. The zero-order valence-electron chi connectivity index (χ0n) is 18.9. The highest BCUT2D eigenvalue weighted by atomic mass is 16.6. The maximum Gasteiger partial charge on any atom is 0.343 e. The average Bonchev–Trinajstić information content (AvgIpc) is 3.15. The van der Waals surface area contributed by atoms with Crippen LogP contribution in [0.25, 0.3) is 17.2 Å². The molecule has 0 aliphatic heterocycles. The summed E-state index contributed by atoms with van der Waals surface area (Å²) >= 11 is 0. The molecule has 5 nitrogen and oxygen atoms in total. The molecule has 0 saturated heterocycles. The van der Waals surface area contributed by atoms with Crippen LogP contribution in [0.1, 0.15) is 36.6 Å². The molecule has 0 N–H and O–H groups in total. The smallest absolute Gasteiger partial charge is 0.343 e. The highest BCUT2D eigenvalue weighted by Gasteiger charge is 2.32. The van der Waals surface area contributed by atoms with Crippen molar-refractivity contribution in [3.63, 3.8) is 0 Å². The molecule has 0 amide bonds. The van der Waals surface area contributed by atoms with Crippen molar-refractivity contribution in [3.8, 4) is 22.6 Å². The zero-order valence-corrected chi connectivity index (χ0v) is 18.9. The van der Waals surface area contributed by atoms with Crippen LogP contribution in [0, 0.1) is 0 Å². The van der Waals surface area contributed by atoms with E-state index in [9.17, 15) is 14.4 Å². The Hall–Kier alpha value is -4.77. The lowest BCUT2D eigenvalue weighted by Gasteiger charge is -2.11. The van der Waals surface area contributed by atoms with Gasteiger partial charge in [0.05, 0.1) is 18.2 Å². The van der Waals surface area contributed by atoms with Crippen molar-refractivity contribution in [3.05, 3.63) is 125 Å². The van der Waals surface area contributed by atoms with Crippen LogP contribution in [0.5, 0.6) is 11.5 Å². The highest BCUT2D eigenvalue weighted by Crippen LogP contribution is 2.32. The maximum atomic E-state index is 12.7. The van der Waals surface area contributed by atoms with Gasteiger partial charge in [-0.05, 0) is 47.0 Å². The molecule has 5 heteroatoms. The van der Waals surface area contributed by atoms with Crippen LogP contribution in [-0.4, -0.2) is 24.6 Å². The van der Waals surface area contributed by atoms with E-state index >= 15 is 0 Å². The van der Waals surface area contributed by atoms with Crippen LogP contribution >= 0.6 is 0 Å². The van der Waals surface area contributed by atoms with Gasteiger partial charge in [-0.1, -0.05) is 72.8 Å². The van der Waals surface area contributed by atoms with Crippen LogP contribution in [0.2, 0.25) is 0 Å². The van der Waals surface area contributed by atoms with Crippen molar-refractivity contribution < 1.29 is 23.9 Å². The molecule has 0 unspecified atom stereocenters. The molecular weight excluding hydrogens is 440 g/mol. The summed E-state index contributed by atoms with van der Waals surface area (Å²) in [6.07, 6.45) is 1.53. The second-order valence-electron chi connectivity index (χ2n) is 8.01. The van der Waals surface area contributed by atoms with Crippen molar-refractivity contribution in [2.24, 2.45) is 0 Å². The monoisotopic (exact) mass is 460 g/mol. The maximum absolute atomic E-state index is 12.7. The van der Waals surface area contributed by atoms with Gasteiger partial charge >= 0.3 is 5.97 Å². The van der Waals surface area contributed by atoms with Crippen molar-refractivity contribution in [2.45, 2.75) is 0 Å². The summed E-state index contributed by atoms with van der Waals surface area (Å²) in [7, 11) is 1.46. The van der Waals surface area contributed by atoms with Gasteiger partial charge in [-0.25, -0.2) is 4.79 Å². The molecule has 0 radical (unpaired) electrons. The Morgan fingerprint density at radius 3 is 1.91 bits per heavy atom. The van der Waals surface area contributed by atoms with E-state index in [2.05, 4.69) is 0 Å². The normalized spacial score (nSPS) is 12.3. The number of rotatable bonds is 5. The summed E-state index contributed by atoms with van der Waals surface area (Å²) in [5.41, 5.74) is 3.93. The first-order valence-corrected chi connectivity index (χ1v) is 11.0. The summed E-state index contributed by atoms with van der Waals surface area (Å²) in [6.45, 7) is 0. The van der Waals surface area contributed by atoms with Crippen LogP contribution in [0.4, 0.5) is 0 Å². The Morgan fingerprint density at radius 1 is 0.686 bits per heavy atom. The van der Waals surface area contributed by atoms with Gasteiger partial charge in [-0.15, -0.1) is 0 Å². The number of hydrogen-bond acceptors (Lipinski definition) is 5. The standard InChI is InChI=1S/C30H20O5/c1-34-27-18-19(17-25-28(31)23-9-5-6-10-24(23)29(25)32)11-16-26(27)35-30(33)22-14-12-21(13-15-22)20-7-3-2-4-8-20/h2-18H,1H3. The minimum absolute atomic E-state index is 0.0940. The SMILES string of the molecule is COc1cc(C=C2C(=O)c3ccccc3C2=O)ccc1OC(=O)c1ccc(-c2ccccc2)cc1. The summed E-state index contributed by atoms with van der Waals surface area (Å²) in [6, 6.07) is 28.7. The summed E-state index contributed by atoms with van der Waals surface area (Å²) in [4.78, 5) is 38.0. The van der Waals surface area contributed by atoms with Crippen LogP contribution in [-0.2, 0) is 0 Å². The molecule has 5 rings (SSSR count). The predicted molar refractivity (Wildman–Crippen MR) is 133 cm³/mol. The molecule has 0 atom stereocenters. The Balaban J connectivity index is 1.36. The lowest BCUT2D eigenvalue weighted by atomic mass is 10.0. The first kappa shape index (κ1) is 22.0. The van der Waals surface area contributed by atoms with Gasteiger partial charge in [0, 0.05) is 11.1 Å². The van der Waals surface area contributed by atoms with E-state index in [4.69, 9.17) is 9.47 Å². The van der Waals surface area contributed by atoms with E-state index < -0.39 is 5.97 Å². The van der Waals surface area contributed by atoms with Gasteiger partial charge in [0.2, 0.25) is 0 Å². The molecule has 0 bridgehead atoms. The van der Waals surface area contributed by atoms with Crippen molar-refractivity contribution in [1.29, 1.82) is 0 Å². The van der Waals surface area contributed by atoms with Crippen LogP contribution in [0.15, 0.2) is 103 Å². The summed E-state index contributed by atoms with van der Waals surface area (Å²) in [5.74, 6) is -0.591. The third kappa shape index (κ3) is 4.27. The fourth-order valence-corrected chi connectivity index (χ4v) is 4.02. The van der Waals surface area contributed by atoms with Crippen LogP contribution < -0.4 is 9.47 Å². The molecule has 35 heavy (non-hydrogen) atoms. The number of methoxy groups -OCH3 is 1. The minimum atomic E-state index is -0.523. The number of benzene rings is 4. The first-order valence-electron chi connectivity index (χ1n) is 11.0.